The minimum atomic E-state index is -0.0437. The van der Waals surface area contributed by atoms with Gasteiger partial charge in [-0.3, -0.25) is 4.79 Å². The molecule has 2 aromatic carbocycles. The van der Waals surface area contributed by atoms with Gasteiger partial charge in [-0.05, 0) is 55.7 Å². The van der Waals surface area contributed by atoms with Gasteiger partial charge in [0.05, 0.1) is 24.2 Å². The van der Waals surface area contributed by atoms with Crippen molar-refractivity contribution in [2.24, 2.45) is 0 Å². The summed E-state index contributed by atoms with van der Waals surface area (Å²) in [5.41, 5.74) is 3.83. The average Bonchev–Trinajstić information content (AvgIpc) is 3.46. The Morgan fingerprint density at radius 2 is 1.84 bits per heavy atom. The smallest absolute Gasteiger partial charge is 0.226 e. The molecule has 0 bridgehead atoms. The number of aromatic nitrogens is 2. The highest BCUT2D eigenvalue weighted by atomic mass is 16.5. The lowest BCUT2D eigenvalue weighted by molar-refractivity contribution is -0.121. The summed E-state index contributed by atoms with van der Waals surface area (Å²) in [5.74, 6) is 2.11. The fourth-order valence-electron chi connectivity index (χ4n) is 3.56. The molecule has 6 heteroatoms. The zero-order valence-corrected chi connectivity index (χ0v) is 18.4. The predicted octanol–water partition coefficient (Wildman–Crippen LogP) is 5.38. The molecule has 164 valence electrons. The molecule has 4 rings (SSSR count). The van der Waals surface area contributed by atoms with Crippen LogP contribution in [0.15, 0.2) is 77.4 Å². The summed E-state index contributed by atoms with van der Waals surface area (Å²) in [4.78, 5) is 12.5. The molecule has 0 atom stereocenters. The highest BCUT2D eigenvalue weighted by molar-refractivity contribution is 5.76. The number of furan rings is 1. The van der Waals surface area contributed by atoms with Crippen LogP contribution in [0, 0.1) is 6.92 Å². The van der Waals surface area contributed by atoms with Crippen LogP contribution in [-0.2, 0) is 24.2 Å². The van der Waals surface area contributed by atoms with Gasteiger partial charge in [0, 0.05) is 12.0 Å². The van der Waals surface area contributed by atoms with E-state index in [1.807, 2.05) is 78.3 Å². The Morgan fingerprint density at radius 1 is 1.06 bits per heavy atom. The van der Waals surface area contributed by atoms with Crippen LogP contribution in [0.1, 0.15) is 35.9 Å². The summed E-state index contributed by atoms with van der Waals surface area (Å²) in [7, 11) is 0. The van der Waals surface area contributed by atoms with Crippen molar-refractivity contribution in [3.8, 4) is 17.3 Å². The first-order valence-electron chi connectivity index (χ1n) is 10.8. The lowest BCUT2D eigenvalue weighted by atomic mass is 10.1. The van der Waals surface area contributed by atoms with Gasteiger partial charge in [0.1, 0.15) is 11.5 Å². The Balaban J connectivity index is 1.61. The maximum atomic E-state index is 12.5. The van der Waals surface area contributed by atoms with Crippen LogP contribution in [0.2, 0.25) is 0 Å². The summed E-state index contributed by atoms with van der Waals surface area (Å²) in [5, 5.41) is 7.74. The van der Waals surface area contributed by atoms with E-state index in [2.05, 4.69) is 12.2 Å². The second-order valence-corrected chi connectivity index (χ2v) is 7.55. The maximum absolute atomic E-state index is 12.5. The van der Waals surface area contributed by atoms with Crippen molar-refractivity contribution in [1.82, 2.24) is 15.1 Å². The number of amides is 1. The lowest BCUT2D eigenvalue weighted by Gasteiger charge is -2.13. The highest BCUT2D eigenvalue weighted by Gasteiger charge is 2.21. The van der Waals surface area contributed by atoms with Gasteiger partial charge < -0.3 is 14.5 Å². The molecule has 1 amide bonds. The van der Waals surface area contributed by atoms with Crippen molar-refractivity contribution in [2.75, 3.05) is 0 Å². The van der Waals surface area contributed by atoms with Crippen molar-refractivity contribution in [3.05, 3.63) is 95.6 Å². The monoisotopic (exact) mass is 429 g/mol. The number of ether oxygens (including phenoxy) is 1. The van der Waals surface area contributed by atoms with Gasteiger partial charge >= 0.3 is 0 Å². The van der Waals surface area contributed by atoms with Crippen molar-refractivity contribution >= 4 is 5.91 Å². The van der Waals surface area contributed by atoms with E-state index < -0.39 is 0 Å². The number of benzene rings is 2. The molecule has 0 radical (unpaired) electrons. The number of hydrogen-bond acceptors (Lipinski definition) is 4. The largest absolute Gasteiger partial charge is 0.467 e. The molecule has 1 N–H and O–H groups in total. The van der Waals surface area contributed by atoms with E-state index in [-0.39, 0.29) is 5.91 Å². The van der Waals surface area contributed by atoms with Crippen LogP contribution < -0.4 is 10.1 Å². The first-order chi connectivity index (χ1) is 15.7. The number of carbonyl (C=O) groups excluding carboxylic acids is 1. The fourth-order valence-corrected chi connectivity index (χ4v) is 3.56. The molecule has 0 spiro atoms. The summed E-state index contributed by atoms with van der Waals surface area (Å²) >= 11 is 0. The fraction of sp³-hybridized carbons (Fsp3) is 0.231. The summed E-state index contributed by atoms with van der Waals surface area (Å²) in [6, 6.07) is 21.5. The predicted molar refractivity (Wildman–Crippen MR) is 123 cm³/mol. The molecule has 0 aliphatic heterocycles. The van der Waals surface area contributed by atoms with Crippen molar-refractivity contribution in [3.63, 3.8) is 0 Å². The van der Waals surface area contributed by atoms with Gasteiger partial charge in [-0.1, -0.05) is 43.3 Å². The molecular formula is C26H27N3O3. The molecule has 0 saturated heterocycles. The third-order valence-corrected chi connectivity index (χ3v) is 5.30. The Kier molecular flexibility index (Phi) is 6.70. The standard InChI is InChI=1S/C26H27N3O3/c1-3-23-22(15-16-25(30)27-18-21-13-9-17-31-21)26(32-24-14-8-7-10-19(24)2)29(28-23)20-11-5-4-6-12-20/h4-14,17H,3,15-16,18H2,1-2H3,(H,27,30). The first-order valence-corrected chi connectivity index (χ1v) is 10.8. The molecule has 0 aliphatic carbocycles. The van der Waals surface area contributed by atoms with Crippen LogP contribution >= 0.6 is 0 Å². The van der Waals surface area contributed by atoms with E-state index in [1.165, 1.54) is 0 Å². The molecular weight excluding hydrogens is 402 g/mol. The topological polar surface area (TPSA) is 69.3 Å². The molecule has 0 saturated carbocycles. The lowest BCUT2D eigenvalue weighted by Crippen LogP contribution is -2.22. The molecule has 6 nitrogen and oxygen atoms in total. The van der Waals surface area contributed by atoms with Crippen molar-refractivity contribution in [2.45, 2.75) is 39.7 Å². The Hall–Kier alpha value is -3.80. The molecule has 32 heavy (non-hydrogen) atoms. The molecule has 4 aromatic rings. The van der Waals surface area contributed by atoms with E-state index in [0.29, 0.717) is 25.3 Å². The third-order valence-electron chi connectivity index (χ3n) is 5.30. The minimum absolute atomic E-state index is 0.0437. The highest BCUT2D eigenvalue weighted by Crippen LogP contribution is 2.33. The molecule has 0 aliphatic rings. The van der Waals surface area contributed by atoms with Crippen LogP contribution in [0.3, 0.4) is 0 Å². The number of para-hydroxylation sites is 2. The minimum Gasteiger partial charge on any atom is -0.467 e. The molecule has 2 aromatic heterocycles. The summed E-state index contributed by atoms with van der Waals surface area (Å²) in [6.07, 6.45) is 3.20. The second-order valence-electron chi connectivity index (χ2n) is 7.55. The van der Waals surface area contributed by atoms with E-state index in [4.69, 9.17) is 14.3 Å². The quantitative estimate of drug-likeness (QED) is 0.388. The number of hydrogen-bond donors (Lipinski definition) is 1. The van der Waals surface area contributed by atoms with Gasteiger partial charge in [0.15, 0.2) is 0 Å². The normalized spacial score (nSPS) is 10.8. The van der Waals surface area contributed by atoms with E-state index in [1.54, 1.807) is 6.26 Å². The van der Waals surface area contributed by atoms with E-state index in [9.17, 15) is 4.79 Å². The number of aryl methyl sites for hydroxylation is 2. The number of rotatable bonds is 9. The Labute approximate surface area is 187 Å². The average molecular weight is 430 g/mol. The van der Waals surface area contributed by atoms with E-state index >= 15 is 0 Å². The zero-order chi connectivity index (χ0) is 22.3. The van der Waals surface area contributed by atoms with Crippen LogP contribution in [-0.4, -0.2) is 15.7 Å². The van der Waals surface area contributed by atoms with Crippen LogP contribution in [0.4, 0.5) is 0 Å². The molecule has 2 heterocycles. The van der Waals surface area contributed by atoms with Crippen molar-refractivity contribution in [1.29, 1.82) is 0 Å². The Bertz CT molecular complexity index is 1160. The number of nitrogens with one attached hydrogen (secondary N) is 1. The molecule has 0 unspecified atom stereocenters. The van der Waals surface area contributed by atoms with Gasteiger partial charge in [-0.15, -0.1) is 0 Å². The first kappa shape index (κ1) is 21.4. The third kappa shape index (κ3) is 4.91. The van der Waals surface area contributed by atoms with E-state index in [0.717, 1.165) is 40.4 Å². The van der Waals surface area contributed by atoms with Gasteiger partial charge in [-0.25, -0.2) is 4.68 Å². The maximum Gasteiger partial charge on any atom is 0.226 e. The zero-order valence-electron chi connectivity index (χ0n) is 18.4. The second kappa shape index (κ2) is 10.0. The molecule has 0 fully saturated rings. The number of carbonyl (C=O) groups is 1. The van der Waals surface area contributed by atoms with Crippen LogP contribution in [0.5, 0.6) is 11.6 Å². The number of nitrogens with zero attached hydrogens (tertiary/aromatic N) is 2. The van der Waals surface area contributed by atoms with Gasteiger partial charge in [-0.2, -0.15) is 5.10 Å². The van der Waals surface area contributed by atoms with Gasteiger partial charge in [0.2, 0.25) is 11.8 Å². The van der Waals surface area contributed by atoms with Crippen LogP contribution in [0.25, 0.3) is 5.69 Å². The summed E-state index contributed by atoms with van der Waals surface area (Å²) in [6.45, 7) is 4.46. The van der Waals surface area contributed by atoms with Crippen molar-refractivity contribution < 1.29 is 13.9 Å². The summed E-state index contributed by atoms with van der Waals surface area (Å²) < 4.78 is 13.5. The SMILES string of the molecule is CCc1nn(-c2ccccc2)c(Oc2ccccc2C)c1CCC(=O)NCc1ccco1. The Morgan fingerprint density at radius 3 is 2.56 bits per heavy atom. The van der Waals surface area contributed by atoms with Gasteiger partial charge in [0.25, 0.3) is 0 Å².